The Morgan fingerprint density at radius 2 is 2.06 bits per heavy atom. The van der Waals surface area contributed by atoms with Gasteiger partial charge < -0.3 is 10.6 Å². The summed E-state index contributed by atoms with van der Waals surface area (Å²) in [5.41, 5.74) is 5.69. The maximum absolute atomic E-state index is 11.7. The van der Waals surface area contributed by atoms with E-state index < -0.39 is 9.84 Å². The molecule has 2 heterocycles. The van der Waals surface area contributed by atoms with Gasteiger partial charge in [0.25, 0.3) is 0 Å². The molecular weight excluding hydrogens is 240 g/mol. The summed E-state index contributed by atoms with van der Waals surface area (Å²) in [5.74, 6) is 0.572. The van der Waals surface area contributed by atoms with Gasteiger partial charge in [-0.3, -0.25) is 0 Å². The van der Waals surface area contributed by atoms with Gasteiger partial charge in [-0.25, -0.2) is 13.4 Å². The molecule has 1 saturated heterocycles. The molecule has 2 N–H and O–H groups in total. The van der Waals surface area contributed by atoms with Crippen molar-refractivity contribution >= 4 is 21.6 Å². The molecular formula is C10H16N4O2S. The van der Waals surface area contributed by atoms with E-state index in [1.165, 1.54) is 6.20 Å². The normalized spacial score (nSPS) is 16.4. The predicted octanol–water partition coefficient (Wildman–Crippen LogP) is 0.453. The van der Waals surface area contributed by atoms with Crippen LogP contribution >= 0.6 is 0 Å². The van der Waals surface area contributed by atoms with Gasteiger partial charge in [-0.05, 0) is 12.8 Å². The van der Waals surface area contributed by atoms with Crippen molar-refractivity contribution in [1.29, 1.82) is 0 Å². The fraction of sp³-hybridized carbons (Fsp3) is 0.600. The van der Waals surface area contributed by atoms with Gasteiger partial charge in [0.15, 0.2) is 9.84 Å². The maximum atomic E-state index is 11.7. The fourth-order valence-corrected chi connectivity index (χ4v) is 2.73. The third kappa shape index (κ3) is 2.33. The second-order valence-corrected chi connectivity index (χ2v) is 6.26. The molecule has 1 aromatic heterocycles. The van der Waals surface area contributed by atoms with Crippen LogP contribution in [0.15, 0.2) is 11.1 Å². The zero-order valence-electron chi connectivity index (χ0n) is 9.76. The molecule has 0 unspecified atom stereocenters. The molecule has 2 rings (SSSR count). The highest BCUT2D eigenvalue weighted by Gasteiger charge is 2.20. The number of hydrogen-bond acceptors (Lipinski definition) is 6. The molecule has 0 atom stereocenters. The molecule has 0 amide bonds. The average molecular weight is 256 g/mol. The Morgan fingerprint density at radius 1 is 1.41 bits per heavy atom. The summed E-state index contributed by atoms with van der Waals surface area (Å²) in [7, 11) is -3.34. The first-order valence-corrected chi connectivity index (χ1v) is 7.30. The molecule has 0 saturated carbocycles. The van der Waals surface area contributed by atoms with Gasteiger partial charge in [0.1, 0.15) is 10.7 Å². The zero-order valence-corrected chi connectivity index (χ0v) is 10.6. The first-order valence-electron chi connectivity index (χ1n) is 5.65. The van der Waals surface area contributed by atoms with Crippen molar-refractivity contribution in [2.45, 2.75) is 24.7 Å². The molecule has 0 radical (unpaired) electrons. The van der Waals surface area contributed by atoms with Crippen LogP contribution in [0.25, 0.3) is 0 Å². The van der Waals surface area contributed by atoms with Crippen LogP contribution < -0.4 is 10.6 Å². The van der Waals surface area contributed by atoms with Crippen molar-refractivity contribution in [3.63, 3.8) is 0 Å². The molecule has 1 aliphatic rings. The van der Waals surface area contributed by atoms with Crippen LogP contribution in [-0.2, 0) is 9.84 Å². The summed E-state index contributed by atoms with van der Waals surface area (Å²) in [6.45, 7) is 3.38. The van der Waals surface area contributed by atoms with E-state index in [2.05, 4.69) is 9.97 Å². The Hall–Kier alpha value is -1.37. The number of nitrogen functional groups attached to an aromatic ring is 1. The van der Waals surface area contributed by atoms with Crippen molar-refractivity contribution in [2.24, 2.45) is 0 Å². The van der Waals surface area contributed by atoms with Crippen LogP contribution in [0.2, 0.25) is 0 Å². The van der Waals surface area contributed by atoms with Gasteiger partial charge in [-0.2, -0.15) is 4.98 Å². The molecule has 0 aromatic carbocycles. The van der Waals surface area contributed by atoms with E-state index in [1.807, 2.05) is 4.90 Å². The van der Waals surface area contributed by atoms with Crippen LogP contribution in [0.5, 0.6) is 0 Å². The molecule has 1 aromatic rings. The van der Waals surface area contributed by atoms with Crippen LogP contribution in [0.1, 0.15) is 19.8 Å². The smallest absolute Gasteiger partial charge is 0.227 e. The Morgan fingerprint density at radius 3 is 2.59 bits per heavy atom. The minimum Gasteiger partial charge on any atom is -0.382 e. The lowest BCUT2D eigenvalue weighted by molar-refractivity contribution is 0.597. The minimum absolute atomic E-state index is 0.00359. The van der Waals surface area contributed by atoms with Crippen molar-refractivity contribution in [3.8, 4) is 0 Å². The Balaban J connectivity index is 2.35. The van der Waals surface area contributed by atoms with Gasteiger partial charge in [-0.1, -0.05) is 6.92 Å². The highest BCUT2D eigenvalue weighted by molar-refractivity contribution is 7.91. The second-order valence-electron chi connectivity index (χ2n) is 4.02. The summed E-state index contributed by atoms with van der Waals surface area (Å²) in [6.07, 6.45) is 3.53. The molecule has 1 aliphatic heterocycles. The molecule has 17 heavy (non-hydrogen) atoms. The van der Waals surface area contributed by atoms with Gasteiger partial charge in [-0.15, -0.1) is 0 Å². The van der Waals surface area contributed by atoms with Crippen LogP contribution in [-0.4, -0.2) is 37.2 Å². The van der Waals surface area contributed by atoms with E-state index in [4.69, 9.17) is 5.73 Å². The van der Waals surface area contributed by atoms with Crippen LogP contribution in [0, 0.1) is 0 Å². The molecule has 6 nitrogen and oxygen atoms in total. The number of hydrogen-bond donors (Lipinski definition) is 1. The molecule has 0 aliphatic carbocycles. The highest BCUT2D eigenvalue weighted by Crippen LogP contribution is 2.21. The lowest BCUT2D eigenvalue weighted by Crippen LogP contribution is -2.21. The summed E-state index contributed by atoms with van der Waals surface area (Å²) in [5, 5.41) is 0. The number of aromatic nitrogens is 2. The standard InChI is InChI=1S/C10H16N4O2S/c1-2-17(15,16)8-7-12-10(13-9(8)11)14-5-3-4-6-14/h7H,2-6H2,1H3,(H2,11,12,13). The van der Waals surface area contributed by atoms with E-state index in [-0.39, 0.29) is 16.5 Å². The Bertz CT molecular complexity index is 509. The first kappa shape index (κ1) is 12.1. The first-order chi connectivity index (χ1) is 8.04. The zero-order chi connectivity index (χ0) is 12.5. The maximum Gasteiger partial charge on any atom is 0.227 e. The largest absolute Gasteiger partial charge is 0.382 e. The van der Waals surface area contributed by atoms with Crippen molar-refractivity contribution < 1.29 is 8.42 Å². The third-order valence-corrected chi connectivity index (χ3v) is 4.62. The summed E-state index contributed by atoms with van der Waals surface area (Å²) >= 11 is 0. The highest BCUT2D eigenvalue weighted by atomic mass is 32.2. The lowest BCUT2D eigenvalue weighted by Gasteiger charge is -2.15. The lowest BCUT2D eigenvalue weighted by atomic mass is 10.4. The molecule has 1 fully saturated rings. The Kier molecular flexibility index (Phi) is 3.19. The summed E-state index contributed by atoms with van der Waals surface area (Å²) in [6, 6.07) is 0. The van der Waals surface area contributed by atoms with E-state index in [0.717, 1.165) is 25.9 Å². The quantitative estimate of drug-likeness (QED) is 0.844. The van der Waals surface area contributed by atoms with Crippen molar-refractivity contribution in [3.05, 3.63) is 6.20 Å². The number of nitrogens with two attached hydrogens (primary N) is 1. The fourth-order valence-electron chi connectivity index (χ4n) is 1.84. The average Bonchev–Trinajstić information content (AvgIpc) is 2.82. The predicted molar refractivity (Wildman–Crippen MR) is 65.6 cm³/mol. The molecule has 0 bridgehead atoms. The van der Waals surface area contributed by atoms with Gasteiger partial charge in [0, 0.05) is 13.1 Å². The van der Waals surface area contributed by atoms with E-state index in [0.29, 0.717) is 5.95 Å². The molecule has 0 spiro atoms. The van der Waals surface area contributed by atoms with Crippen molar-refractivity contribution in [1.82, 2.24) is 9.97 Å². The van der Waals surface area contributed by atoms with Gasteiger partial charge in [0.2, 0.25) is 5.95 Å². The third-order valence-electron chi connectivity index (χ3n) is 2.87. The van der Waals surface area contributed by atoms with E-state index in [9.17, 15) is 8.42 Å². The molecule has 94 valence electrons. The number of nitrogens with zero attached hydrogens (tertiary/aromatic N) is 3. The van der Waals surface area contributed by atoms with Crippen LogP contribution in [0.4, 0.5) is 11.8 Å². The Labute approximate surface area is 101 Å². The van der Waals surface area contributed by atoms with Gasteiger partial charge in [0.05, 0.1) is 11.9 Å². The SMILES string of the molecule is CCS(=O)(=O)c1cnc(N2CCCC2)nc1N. The van der Waals surface area contributed by atoms with Crippen LogP contribution in [0.3, 0.4) is 0 Å². The number of rotatable bonds is 3. The topological polar surface area (TPSA) is 89.2 Å². The van der Waals surface area contributed by atoms with E-state index >= 15 is 0 Å². The molecule has 7 heteroatoms. The van der Waals surface area contributed by atoms with E-state index in [1.54, 1.807) is 6.92 Å². The number of anilines is 2. The summed E-state index contributed by atoms with van der Waals surface area (Å²) < 4.78 is 23.4. The minimum atomic E-state index is -3.34. The van der Waals surface area contributed by atoms with Gasteiger partial charge >= 0.3 is 0 Å². The summed E-state index contributed by atoms with van der Waals surface area (Å²) in [4.78, 5) is 10.2. The second kappa shape index (κ2) is 4.48. The monoisotopic (exact) mass is 256 g/mol. The number of sulfone groups is 1. The van der Waals surface area contributed by atoms with Crippen molar-refractivity contribution in [2.75, 3.05) is 29.5 Å².